The Morgan fingerprint density at radius 1 is 0.900 bits per heavy atom. The lowest BCUT2D eigenvalue weighted by Crippen LogP contribution is -2.32. The molecule has 2 nitrogen and oxygen atoms in total. The molecule has 0 amide bonds. The number of hydrogen-bond donors (Lipinski definition) is 0. The highest BCUT2D eigenvalue weighted by molar-refractivity contribution is 5.09. The molecule has 0 rings (SSSR count). The van der Waals surface area contributed by atoms with Crippen LogP contribution in [0.15, 0.2) is 0 Å². The lowest BCUT2D eigenvalue weighted by atomic mass is 9.83. The molecular weight excluding hydrogens is 124 g/mol. The van der Waals surface area contributed by atoms with E-state index in [1.165, 1.54) is 0 Å². The molecule has 0 radical (unpaired) electrons. The van der Waals surface area contributed by atoms with Crippen molar-refractivity contribution in [3.8, 4) is 0 Å². The molecule has 2 heteroatoms. The Morgan fingerprint density at radius 3 is 1.20 bits per heavy atom. The van der Waals surface area contributed by atoms with Crippen molar-refractivity contribution in [2.45, 2.75) is 33.4 Å². The summed E-state index contributed by atoms with van der Waals surface area (Å²) in [5.41, 5.74) is -1.15. The van der Waals surface area contributed by atoms with Crippen molar-refractivity contribution in [1.82, 2.24) is 0 Å². The predicted molar refractivity (Wildman–Crippen MR) is 41.1 cm³/mol. The lowest BCUT2D eigenvalue weighted by molar-refractivity contribution is 0.302. The maximum atomic E-state index is 6.82. The minimum atomic E-state index is -0.896. The summed E-state index contributed by atoms with van der Waals surface area (Å²) in [5, 5.41) is 0. The largest absolute Gasteiger partial charge is 0.484 e. The van der Waals surface area contributed by atoms with Gasteiger partial charge in [0.05, 0.1) is 6.92 Å². The summed E-state index contributed by atoms with van der Waals surface area (Å²) < 4.78 is 0. The van der Waals surface area contributed by atoms with Crippen LogP contribution in [0.1, 0.15) is 27.7 Å². The van der Waals surface area contributed by atoms with Gasteiger partial charge in [0.25, 0.3) is 0 Å². The normalized spacial score (nSPS) is 11.8. The van der Waals surface area contributed by atoms with Gasteiger partial charge in [0.15, 0.2) is 0 Å². The van der Waals surface area contributed by atoms with Gasteiger partial charge in [-0.3, -0.25) is 0 Å². The molecule has 0 fully saturated rings. The Labute approximate surface area is 62.5 Å². The van der Waals surface area contributed by atoms with Gasteiger partial charge in [-0.2, -0.15) is 0 Å². The van der Waals surface area contributed by atoms with E-state index >= 15 is 0 Å². The summed E-state index contributed by atoms with van der Waals surface area (Å²) in [6.07, 6.45) is 0. The maximum Gasteiger partial charge on any atom is 0.484 e. The van der Waals surface area contributed by atoms with Crippen LogP contribution in [0.5, 0.6) is 0 Å². The van der Waals surface area contributed by atoms with Crippen molar-refractivity contribution in [2.24, 2.45) is 5.41 Å². The molecule has 0 N–H and O–H groups in total. The van der Waals surface area contributed by atoms with Crippen LogP contribution in [0, 0.1) is 18.6 Å². The van der Waals surface area contributed by atoms with Gasteiger partial charge in [0.2, 0.25) is 0 Å². The molecule has 0 saturated carbocycles. The van der Waals surface area contributed by atoms with Crippen molar-refractivity contribution in [3.63, 3.8) is 0 Å². The van der Waals surface area contributed by atoms with Crippen LogP contribution in [-0.2, 0) is 0 Å². The van der Waals surface area contributed by atoms with E-state index in [2.05, 4.69) is 9.69 Å². The maximum absolute atomic E-state index is 6.82. The Balaban J connectivity index is 4.77. The molecule has 0 atom stereocenters. The Morgan fingerprint density at radius 2 is 1.20 bits per heavy atom. The molecule has 54 valence electrons. The van der Waals surface area contributed by atoms with Crippen molar-refractivity contribution >= 4 is 0 Å². The summed E-state index contributed by atoms with van der Waals surface area (Å²) in [7, 11) is 0. The molecule has 0 heterocycles. The fourth-order valence-corrected chi connectivity index (χ4v) is 0.360. The zero-order chi connectivity index (χ0) is 8.41. The first-order chi connectivity index (χ1) is 4.37. The van der Waals surface area contributed by atoms with Gasteiger partial charge in [-0.05, 0) is 20.8 Å². The first kappa shape index (κ1) is 8.98. The summed E-state index contributed by atoms with van der Waals surface area (Å²) in [4.78, 5) is 6.61. The molecule has 0 aliphatic rings. The molecule has 0 spiro atoms. The minimum Gasteiger partial charge on any atom is -0.230 e. The molecule has 0 aromatic heterocycles. The van der Waals surface area contributed by atoms with E-state index in [4.69, 9.17) is 13.1 Å². The second-order valence-electron chi connectivity index (χ2n) is 3.49. The fourth-order valence-electron chi connectivity index (χ4n) is 0.360. The van der Waals surface area contributed by atoms with Crippen LogP contribution < -0.4 is 0 Å². The average molecular weight is 136 g/mol. The van der Waals surface area contributed by atoms with Crippen molar-refractivity contribution in [3.05, 3.63) is 22.8 Å². The summed E-state index contributed by atoms with van der Waals surface area (Å²) >= 11 is 0. The van der Waals surface area contributed by atoms with Gasteiger partial charge >= 0.3 is 5.66 Å². The molecule has 0 saturated heterocycles. The quantitative estimate of drug-likeness (QED) is 0.452. The number of hydrogen-bond acceptors (Lipinski definition) is 0. The van der Waals surface area contributed by atoms with E-state index < -0.39 is 5.66 Å². The highest BCUT2D eigenvalue weighted by Crippen LogP contribution is 2.34. The Kier molecular flexibility index (Phi) is 2.07. The molecular formula is C8H12N2. The van der Waals surface area contributed by atoms with Crippen LogP contribution in [0.25, 0.3) is 9.69 Å². The average Bonchev–Trinajstić information content (AvgIpc) is 1.84. The van der Waals surface area contributed by atoms with Gasteiger partial charge in [-0.1, -0.05) is 0 Å². The minimum absolute atomic E-state index is 0.253. The van der Waals surface area contributed by atoms with Gasteiger partial charge in [-0.25, -0.2) is 22.8 Å². The summed E-state index contributed by atoms with van der Waals surface area (Å²) in [6, 6.07) is 0. The van der Waals surface area contributed by atoms with Crippen molar-refractivity contribution < 1.29 is 0 Å². The van der Waals surface area contributed by atoms with Crippen LogP contribution in [0.3, 0.4) is 0 Å². The Bertz CT molecular complexity index is 183. The third-order valence-corrected chi connectivity index (χ3v) is 1.86. The molecule has 0 aliphatic heterocycles. The van der Waals surface area contributed by atoms with Crippen molar-refractivity contribution in [2.75, 3.05) is 0 Å². The fraction of sp³-hybridized carbons (Fsp3) is 0.750. The van der Waals surface area contributed by atoms with Gasteiger partial charge in [-0.15, -0.1) is 0 Å². The molecule has 0 unspecified atom stereocenters. The SMILES string of the molecule is [C-]#[N+]C(C)([N+]#[C-])C(C)(C)C. The van der Waals surface area contributed by atoms with E-state index in [-0.39, 0.29) is 5.41 Å². The third-order valence-electron chi connectivity index (χ3n) is 1.86. The Hall–Kier alpha value is -1.02. The lowest BCUT2D eigenvalue weighted by Gasteiger charge is -2.18. The standard InChI is InChI=1S/C8H12N2/c1-7(2,3)8(4,9-5)10-6/h1-4H3. The van der Waals surface area contributed by atoms with Gasteiger partial charge < -0.3 is 0 Å². The van der Waals surface area contributed by atoms with Crippen LogP contribution in [-0.4, -0.2) is 5.66 Å². The highest BCUT2D eigenvalue weighted by atomic mass is 15.0. The second kappa shape index (κ2) is 2.31. The number of rotatable bonds is 0. The van der Waals surface area contributed by atoms with Crippen LogP contribution in [0.4, 0.5) is 0 Å². The van der Waals surface area contributed by atoms with Crippen LogP contribution >= 0.6 is 0 Å². The van der Waals surface area contributed by atoms with E-state index in [0.717, 1.165) is 0 Å². The summed E-state index contributed by atoms with van der Waals surface area (Å²) in [5.74, 6) is 0. The van der Waals surface area contributed by atoms with Crippen LogP contribution in [0.2, 0.25) is 0 Å². The van der Waals surface area contributed by atoms with E-state index in [1.54, 1.807) is 6.92 Å². The zero-order valence-electron chi connectivity index (χ0n) is 6.89. The van der Waals surface area contributed by atoms with E-state index in [1.807, 2.05) is 20.8 Å². The smallest absolute Gasteiger partial charge is 0.230 e. The molecule has 0 aromatic rings. The topological polar surface area (TPSA) is 8.72 Å². The first-order valence-corrected chi connectivity index (χ1v) is 3.14. The highest BCUT2D eigenvalue weighted by Gasteiger charge is 2.50. The monoisotopic (exact) mass is 136 g/mol. The molecule has 0 bridgehead atoms. The van der Waals surface area contributed by atoms with E-state index in [9.17, 15) is 0 Å². The zero-order valence-corrected chi connectivity index (χ0v) is 6.89. The van der Waals surface area contributed by atoms with Gasteiger partial charge in [0, 0.05) is 0 Å². The third kappa shape index (κ3) is 1.28. The molecule has 0 aliphatic carbocycles. The predicted octanol–water partition coefficient (Wildman–Crippen LogP) is 2.59. The number of nitrogens with zero attached hydrogens (tertiary/aromatic N) is 2. The molecule has 0 aromatic carbocycles. The molecule has 10 heavy (non-hydrogen) atoms. The first-order valence-electron chi connectivity index (χ1n) is 3.14. The summed E-state index contributed by atoms with van der Waals surface area (Å²) in [6.45, 7) is 21.0. The van der Waals surface area contributed by atoms with Gasteiger partial charge in [0.1, 0.15) is 5.41 Å². The van der Waals surface area contributed by atoms with E-state index in [0.29, 0.717) is 0 Å². The second-order valence-corrected chi connectivity index (χ2v) is 3.49. The van der Waals surface area contributed by atoms with Crippen molar-refractivity contribution in [1.29, 1.82) is 0 Å².